The predicted molar refractivity (Wildman–Crippen MR) is 63.4 cm³/mol. The molecule has 82 valence electrons. The maximum atomic E-state index is 5.76. The highest BCUT2D eigenvalue weighted by Crippen LogP contribution is 2.25. The van der Waals surface area contributed by atoms with E-state index < -0.39 is 0 Å². The first-order valence-electron chi connectivity index (χ1n) is 5.17. The monoisotopic (exact) mass is 214 g/mol. The van der Waals surface area contributed by atoms with Gasteiger partial charge in [0.1, 0.15) is 11.5 Å². The van der Waals surface area contributed by atoms with Gasteiger partial charge in [0, 0.05) is 18.9 Å². The standard InChI is InChI=1S/C13H14N2O/c1-10-2-3-11(9-14)8-13(10)16-12-4-6-15-7-5-12/h2-8H,9,14H2,1H3. The van der Waals surface area contributed by atoms with Crippen LogP contribution in [0, 0.1) is 6.92 Å². The van der Waals surface area contributed by atoms with Crippen molar-refractivity contribution in [3.8, 4) is 11.5 Å². The lowest BCUT2D eigenvalue weighted by atomic mass is 10.1. The van der Waals surface area contributed by atoms with E-state index in [1.165, 1.54) is 0 Å². The zero-order valence-corrected chi connectivity index (χ0v) is 9.18. The van der Waals surface area contributed by atoms with E-state index in [0.717, 1.165) is 22.6 Å². The second-order valence-electron chi connectivity index (χ2n) is 3.59. The molecule has 2 aromatic rings. The Morgan fingerprint density at radius 2 is 1.94 bits per heavy atom. The Morgan fingerprint density at radius 1 is 1.19 bits per heavy atom. The quantitative estimate of drug-likeness (QED) is 0.854. The molecule has 16 heavy (non-hydrogen) atoms. The molecule has 1 heterocycles. The van der Waals surface area contributed by atoms with Gasteiger partial charge in [0.15, 0.2) is 0 Å². The fourth-order valence-corrected chi connectivity index (χ4v) is 1.41. The molecular weight excluding hydrogens is 200 g/mol. The van der Waals surface area contributed by atoms with E-state index >= 15 is 0 Å². The molecule has 0 saturated carbocycles. The van der Waals surface area contributed by atoms with Crippen LogP contribution in [0.15, 0.2) is 42.7 Å². The molecule has 3 nitrogen and oxygen atoms in total. The summed E-state index contributed by atoms with van der Waals surface area (Å²) >= 11 is 0. The number of nitrogens with two attached hydrogens (primary N) is 1. The average Bonchev–Trinajstić information content (AvgIpc) is 2.33. The zero-order valence-electron chi connectivity index (χ0n) is 9.18. The smallest absolute Gasteiger partial charge is 0.130 e. The van der Waals surface area contributed by atoms with Crippen molar-refractivity contribution < 1.29 is 4.74 Å². The number of rotatable bonds is 3. The molecule has 2 N–H and O–H groups in total. The molecule has 3 heteroatoms. The fraction of sp³-hybridized carbons (Fsp3) is 0.154. The third kappa shape index (κ3) is 2.38. The summed E-state index contributed by atoms with van der Waals surface area (Å²) in [5.41, 5.74) is 7.75. The van der Waals surface area contributed by atoms with Crippen LogP contribution in [0.5, 0.6) is 11.5 Å². The van der Waals surface area contributed by atoms with Crippen LogP contribution in [0.1, 0.15) is 11.1 Å². The summed E-state index contributed by atoms with van der Waals surface area (Å²) in [4.78, 5) is 3.94. The van der Waals surface area contributed by atoms with Gasteiger partial charge >= 0.3 is 0 Å². The second kappa shape index (κ2) is 4.77. The Morgan fingerprint density at radius 3 is 2.62 bits per heavy atom. The van der Waals surface area contributed by atoms with Gasteiger partial charge < -0.3 is 10.5 Å². The molecule has 0 atom stereocenters. The first-order valence-corrected chi connectivity index (χ1v) is 5.17. The van der Waals surface area contributed by atoms with Crippen LogP contribution in [0.4, 0.5) is 0 Å². The summed E-state index contributed by atoms with van der Waals surface area (Å²) in [5, 5.41) is 0. The van der Waals surface area contributed by atoms with Gasteiger partial charge in [-0.3, -0.25) is 4.98 Å². The molecule has 0 aliphatic heterocycles. The van der Waals surface area contributed by atoms with Crippen molar-refractivity contribution in [2.24, 2.45) is 5.73 Å². The number of benzene rings is 1. The van der Waals surface area contributed by atoms with Crippen LogP contribution in [-0.4, -0.2) is 4.98 Å². The Bertz CT molecular complexity index is 469. The van der Waals surface area contributed by atoms with Crippen LogP contribution in [0.2, 0.25) is 0 Å². The number of aryl methyl sites for hydroxylation is 1. The van der Waals surface area contributed by atoms with Crippen molar-refractivity contribution in [1.29, 1.82) is 0 Å². The van der Waals surface area contributed by atoms with Crippen LogP contribution in [0.25, 0.3) is 0 Å². The molecule has 0 bridgehead atoms. The molecule has 2 rings (SSSR count). The highest BCUT2D eigenvalue weighted by Gasteiger charge is 2.02. The molecule has 0 fully saturated rings. The van der Waals surface area contributed by atoms with Crippen LogP contribution in [0.3, 0.4) is 0 Å². The van der Waals surface area contributed by atoms with Gasteiger partial charge in [-0.05, 0) is 36.2 Å². The molecule has 0 aliphatic rings. The Labute approximate surface area is 94.9 Å². The Kier molecular flexibility index (Phi) is 3.17. The van der Waals surface area contributed by atoms with E-state index in [-0.39, 0.29) is 0 Å². The minimum Gasteiger partial charge on any atom is -0.457 e. The minimum atomic E-state index is 0.521. The lowest BCUT2D eigenvalue weighted by Crippen LogP contribution is -1.97. The van der Waals surface area contributed by atoms with Crippen molar-refractivity contribution in [2.75, 3.05) is 0 Å². The number of ether oxygens (including phenoxy) is 1. The Balaban J connectivity index is 2.27. The van der Waals surface area contributed by atoms with Crippen molar-refractivity contribution in [1.82, 2.24) is 4.98 Å². The third-order valence-electron chi connectivity index (χ3n) is 2.37. The van der Waals surface area contributed by atoms with Gasteiger partial charge in [-0.1, -0.05) is 12.1 Å². The molecule has 1 aromatic carbocycles. The van der Waals surface area contributed by atoms with Gasteiger partial charge in [0.2, 0.25) is 0 Å². The molecule has 0 aliphatic carbocycles. The lowest BCUT2D eigenvalue weighted by Gasteiger charge is -2.09. The summed E-state index contributed by atoms with van der Waals surface area (Å²) in [5.74, 6) is 1.63. The maximum absolute atomic E-state index is 5.76. The normalized spacial score (nSPS) is 10.1. The van der Waals surface area contributed by atoms with E-state index in [4.69, 9.17) is 10.5 Å². The van der Waals surface area contributed by atoms with Gasteiger partial charge in [-0.25, -0.2) is 0 Å². The van der Waals surface area contributed by atoms with Crippen LogP contribution >= 0.6 is 0 Å². The average molecular weight is 214 g/mol. The second-order valence-corrected chi connectivity index (χ2v) is 3.59. The number of nitrogens with zero attached hydrogens (tertiary/aromatic N) is 1. The van der Waals surface area contributed by atoms with E-state index in [0.29, 0.717) is 6.54 Å². The summed E-state index contributed by atoms with van der Waals surface area (Å²) in [6.45, 7) is 2.53. The van der Waals surface area contributed by atoms with Crippen molar-refractivity contribution in [3.05, 3.63) is 53.9 Å². The van der Waals surface area contributed by atoms with E-state index in [9.17, 15) is 0 Å². The lowest BCUT2D eigenvalue weighted by molar-refractivity contribution is 0.477. The first-order chi connectivity index (χ1) is 7.79. The SMILES string of the molecule is Cc1ccc(CN)cc1Oc1ccncc1. The number of hydrogen-bond acceptors (Lipinski definition) is 3. The molecule has 1 aromatic heterocycles. The minimum absolute atomic E-state index is 0.521. The number of hydrogen-bond donors (Lipinski definition) is 1. The van der Waals surface area contributed by atoms with Crippen molar-refractivity contribution in [2.45, 2.75) is 13.5 Å². The highest BCUT2D eigenvalue weighted by molar-refractivity contribution is 5.39. The summed E-state index contributed by atoms with van der Waals surface area (Å²) in [7, 11) is 0. The number of aromatic nitrogens is 1. The molecule has 0 amide bonds. The largest absolute Gasteiger partial charge is 0.457 e. The van der Waals surface area contributed by atoms with Crippen molar-refractivity contribution in [3.63, 3.8) is 0 Å². The van der Waals surface area contributed by atoms with Gasteiger partial charge in [-0.2, -0.15) is 0 Å². The highest BCUT2D eigenvalue weighted by atomic mass is 16.5. The van der Waals surface area contributed by atoms with E-state index in [1.54, 1.807) is 12.4 Å². The third-order valence-corrected chi connectivity index (χ3v) is 2.37. The van der Waals surface area contributed by atoms with Crippen LogP contribution < -0.4 is 10.5 Å². The summed E-state index contributed by atoms with van der Waals surface area (Å²) in [6, 6.07) is 9.65. The van der Waals surface area contributed by atoms with Gasteiger partial charge in [0.25, 0.3) is 0 Å². The number of pyridine rings is 1. The molecule has 0 saturated heterocycles. The van der Waals surface area contributed by atoms with Gasteiger partial charge in [0.05, 0.1) is 0 Å². The van der Waals surface area contributed by atoms with E-state index in [2.05, 4.69) is 4.98 Å². The zero-order chi connectivity index (χ0) is 11.4. The van der Waals surface area contributed by atoms with Crippen molar-refractivity contribution >= 4 is 0 Å². The fourth-order valence-electron chi connectivity index (χ4n) is 1.41. The Hall–Kier alpha value is -1.87. The van der Waals surface area contributed by atoms with Gasteiger partial charge in [-0.15, -0.1) is 0 Å². The maximum Gasteiger partial charge on any atom is 0.130 e. The molecule has 0 radical (unpaired) electrons. The molecule has 0 unspecified atom stereocenters. The molecule has 0 spiro atoms. The van der Waals surface area contributed by atoms with Crippen LogP contribution in [-0.2, 0) is 6.54 Å². The summed E-state index contributed by atoms with van der Waals surface area (Å²) in [6.07, 6.45) is 3.41. The first kappa shape index (κ1) is 10.6. The summed E-state index contributed by atoms with van der Waals surface area (Å²) < 4.78 is 5.76. The molecular formula is C13H14N2O. The predicted octanol–water partition coefficient (Wildman–Crippen LogP) is 2.64. The topological polar surface area (TPSA) is 48.1 Å². The van der Waals surface area contributed by atoms with E-state index in [1.807, 2.05) is 37.3 Å².